The van der Waals surface area contributed by atoms with Gasteiger partial charge in [0.05, 0.1) is 11.4 Å². The van der Waals surface area contributed by atoms with E-state index in [-0.39, 0.29) is 5.91 Å². The SMILES string of the molecule is O=C(CSc1nn(-c2ccccc2)c(=S)s1)N1CCc2ccccc2C1. The van der Waals surface area contributed by atoms with Crippen LogP contribution in [-0.2, 0) is 17.8 Å². The van der Waals surface area contributed by atoms with Crippen molar-refractivity contribution >= 4 is 41.2 Å². The Bertz CT molecular complexity index is 981. The Labute approximate surface area is 165 Å². The molecule has 4 nitrogen and oxygen atoms in total. The van der Waals surface area contributed by atoms with Crippen molar-refractivity contribution in [3.05, 3.63) is 69.7 Å². The molecule has 3 aromatic rings. The first kappa shape index (κ1) is 17.5. The van der Waals surface area contributed by atoms with Gasteiger partial charge in [0.1, 0.15) is 0 Å². The molecule has 1 amide bonds. The van der Waals surface area contributed by atoms with Crippen LogP contribution in [0.4, 0.5) is 0 Å². The van der Waals surface area contributed by atoms with Gasteiger partial charge in [0, 0.05) is 13.1 Å². The molecule has 4 rings (SSSR count). The zero-order valence-electron chi connectivity index (χ0n) is 14.0. The summed E-state index contributed by atoms with van der Waals surface area (Å²) in [7, 11) is 0. The van der Waals surface area contributed by atoms with E-state index in [0.717, 1.165) is 23.0 Å². The van der Waals surface area contributed by atoms with Gasteiger partial charge < -0.3 is 4.90 Å². The molecular formula is C19H17N3OS3. The van der Waals surface area contributed by atoms with Crippen molar-refractivity contribution in [2.75, 3.05) is 12.3 Å². The van der Waals surface area contributed by atoms with Crippen LogP contribution in [-0.4, -0.2) is 32.9 Å². The lowest BCUT2D eigenvalue weighted by Crippen LogP contribution is -2.37. The van der Waals surface area contributed by atoms with E-state index in [0.29, 0.717) is 16.3 Å². The van der Waals surface area contributed by atoms with E-state index in [9.17, 15) is 4.79 Å². The van der Waals surface area contributed by atoms with Crippen LogP contribution in [0.15, 0.2) is 58.9 Å². The average molecular weight is 400 g/mol. The zero-order valence-corrected chi connectivity index (χ0v) is 16.4. The minimum Gasteiger partial charge on any atom is -0.337 e. The third-order valence-electron chi connectivity index (χ3n) is 4.33. The van der Waals surface area contributed by atoms with Gasteiger partial charge in [-0.3, -0.25) is 4.79 Å². The molecule has 0 radical (unpaired) electrons. The fraction of sp³-hybridized carbons (Fsp3) is 0.211. The summed E-state index contributed by atoms with van der Waals surface area (Å²) in [6.45, 7) is 1.48. The van der Waals surface area contributed by atoms with Crippen molar-refractivity contribution in [1.82, 2.24) is 14.7 Å². The number of aromatic nitrogens is 2. The summed E-state index contributed by atoms with van der Waals surface area (Å²) in [4.78, 5) is 14.5. The molecule has 0 unspecified atom stereocenters. The van der Waals surface area contributed by atoms with Crippen molar-refractivity contribution in [1.29, 1.82) is 0 Å². The minimum atomic E-state index is 0.150. The van der Waals surface area contributed by atoms with E-state index >= 15 is 0 Å². The molecule has 0 saturated heterocycles. The van der Waals surface area contributed by atoms with Crippen LogP contribution in [0.2, 0.25) is 0 Å². The molecule has 26 heavy (non-hydrogen) atoms. The highest BCUT2D eigenvalue weighted by Crippen LogP contribution is 2.25. The number of benzene rings is 2. The Morgan fingerprint density at radius 3 is 2.65 bits per heavy atom. The van der Waals surface area contributed by atoms with E-state index in [1.165, 1.54) is 34.2 Å². The number of para-hydroxylation sites is 1. The van der Waals surface area contributed by atoms with Crippen LogP contribution in [0.1, 0.15) is 11.1 Å². The molecule has 2 aromatic carbocycles. The summed E-state index contributed by atoms with van der Waals surface area (Å²) in [6.07, 6.45) is 0.925. The fourth-order valence-electron chi connectivity index (χ4n) is 2.97. The smallest absolute Gasteiger partial charge is 0.233 e. The zero-order chi connectivity index (χ0) is 17.9. The molecule has 0 saturated carbocycles. The molecule has 0 fully saturated rings. The minimum absolute atomic E-state index is 0.150. The predicted octanol–water partition coefficient (Wildman–Crippen LogP) is 4.34. The van der Waals surface area contributed by atoms with E-state index in [1.807, 2.05) is 41.3 Å². The van der Waals surface area contributed by atoms with Crippen molar-refractivity contribution in [2.45, 2.75) is 17.3 Å². The molecule has 0 aliphatic carbocycles. The molecular weight excluding hydrogens is 382 g/mol. The lowest BCUT2D eigenvalue weighted by Gasteiger charge is -2.28. The Kier molecular flexibility index (Phi) is 5.19. The predicted molar refractivity (Wildman–Crippen MR) is 109 cm³/mol. The number of carbonyl (C=O) groups is 1. The van der Waals surface area contributed by atoms with E-state index in [2.05, 4.69) is 23.3 Å². The number of hydrogen-bond acceptors (Lipinski definition) is 5. The van der Waals surface area contributed by atoms with Gasteiger partial charge in [0.2, 0.25) is 5.91 Å². The first-order chi connectivity index (χ1) is 12.7. The van der Waals surface area contributed by atoms with Crippen LogP contribution in [0.25, 0.3) is 5.69 Å². The van der Waals surface area contributed by atoms with E-state index in [4.69, 9.17) is 12.2 Å². The quantitative estimate of drug-likeness (QED) is 0.483. The molecule has 0 N–H and O–H groups in total. The topological polar surface area (TPSA) is 38.1 Å². The van der Waals surface area contributed by atoms with Gasteiger partial charge in [-0.15, -0.1) is 5.10 Å². The molecule has 1 aromatic heterocycles. The van der Waals surface area contributed by atoms with Crippen LogP contribution >= 0.6 is 35.3 Å². The number of amides is 1. The summed E-state index contributed by atoms with van der Waals surface area (Å²) in [5.74, 6) is 0.538. The maximum Gasteiger partial charge on any atom is 0.233 e. The standard InChI is InChI=1S/C19H17N3OS3/c23-17(21-11-10-14-6-4-5-7-15(14)12-21)13-25-18-20-22(19(24)26-18)16-8-2-1-3-9-16/h1-9H,10-13H2. The Morgan fingerprint density at radius 1 is 1.12 bits per heavy atom. The van der Waals surface area contributed by atoms with Crippen LogP contribution in [0, 0.1) is 3.95 Å². The first-order valence-corrected chi connectivity index (χ1v) is 10.5. The van der Waals surface area contributed by atoms with Gasteiger partial charge in [0.15, 0.2) is 8.29 Å². The second-order valence-corrected chi connectivity index (χ2v) is 8.85. The average Bonchev–Trinajstić information content (AvgIpc) is 3.07. The molecule has 0 bridgehead atoms. The lowest BCUT2D eigenvalue weighted by atomic mass is 10.00. The van der Waals surface area contributed by atoms with Crippen molar-refractivity contribution in [3.63, 3.8) is 0 Å². The number of rotatable bonds is 4. The largest absolute Gasteiger partial charge is 0.337 e. The molecule has 0 atom stereocenters. The normalized spacial score (nSPS) is 13.5. The first-order valence-electron chi connectivity index (χ1n) is 8.33. The lowest BCUT2D eigenvalue weighted by molar-refractivity contribution is -0.129. The molecule has 1 aliphatic rings. The summed E-state index contributed by atoms with van der Waals surface area (Å²) in [5, 5.41) is 4.56. The third kappa shape index (κ3) is 3.75. The summed E-state index contributed by atoms with van der Waals surface area (Å²) < 4.78 is 3.27. The number of nitrogens with zero attached hydrogens (tertiary/aromatic N) is 3. The van der Waals surface area contributed by atoms with Gasteiger partial charge in [-0.05, 0) is 41.9 Å². The highest BCUT2D eigenvalue weighted by atomic mass is 32.2. The monoisotopic (exact) mass is 399 g/mol. The fourth-order valence-corrected chi connectivity index (χ4v) is 5.24. The number of carbonyl (C=O) groups excluding carboxylic acids is 1. The van der Waals surface area contributed by atoms with Crippen molar-refractivity contribution in [3.8, 4) is 5.69 Å². The van der Waals surface area contributed by atoms with Crippen LogP contribution in [0.5, 0.6) is 0 Å². The van der Waals surface area contributed by atoms with Crippen LogP contribution < -0.4 is 0 Å². The molecule has 2 heterocycles. The molecule has 7 heteroatoms. The Morgan fingerprint density at radius 2 is 1.85 bits per heavy atom. The third-order valence-corrected chi connectivity index (χ3v) is 6.68. The van der Waals surface area contributed by atoms with Gasteiger partial charge in [0.25, 0.3) is 0 Å². The number of fused-ring (bicyclic) bond motifs is 1. The summed E-state index contributed by atoms with van der Waals surface area (Å²) >= 11 is 8.32. The Hall–Kier alpha value is -1.96. The van der Waals surface area contributed by atoms with Gasteiger partial charge in [-0.1, -0.05) is 65.6 Å². The number of thioether (sulfide) groups is 1. The maximum absolute atomic E-state index is 12.6. The second-order valence-electron chi connectivity index (χ2n) is 6.00. The number of hydrogen-bond donors (Lipinski definition) is 0. The van der Waals surface area contributed by atoms with Crippen LogP contribution in [0.3, 0.4) is 0 Å². The van der Waals surface area contributed by atoms with Crippen molar-refractivity contribution in [2.24, 2.45) is 0 Å². The molecule has 132 valence electrons. The molecule has 1 aliphatic heterocycles. The van der Waals surface area contributed by atoms with Crippen molar-refractivity contribution < 1.29 is 4.79 Å². The Balaban J connectivity index is 1.41. The highest BCUT2D eigenvalue weighted by Gasteiger charge is 2.20. The summed E-state index contributed by atoms with van der Waals surface area (Å²) in [6, 6.07) is 18.2. The highest BCUT2D eigenvalue weighted by molar-refractivity contribution is 8.01. The van der Waals surface area contributed by atoms with Gasteiger partial charge >= 0.3 is 0 Å². The van der Waals surface area contributed by atoms with Gasteiger partial charge in [-0.25, -0.2) is 4.68 Å². The maximum atomic E-state index is 12.6. The van der Waals surface area contributed by atoms with Gasteiger partial charge in [-0.2, -0.15) is 0 Å². The van der Waals surface area contributed by atoms with E-state index in [1.54, 1.807) is 4.68 Å². The second kappa shape index (κ2) is 7.73. The van der Waals surface area contributed by atoms with E-state index < -0.39 is 0 Å². The summed E-state index contributed by atoms with van der Waals surface area (Å²) in [5.41, 5.74) is 3.55. The molecule has 0 spiro atoms.